The predicted octanol–water partition coefficient (Wildman–Crippen LogP) is 1.97. The molecule has 0 aromatic carbocycles. The van der Waals surface area contributed by atoms with Crippen LogP contribution in [0.3, 0.4) is 0 Å². The zero-order valence-electron chi connectivity index (χ0n) is 11.2. The fourth-order valence-corrected chi connectivity index (χ4v) is 2.53. The zero-order chi connectivity index (χ0) is 15.0. The fraction of sp³-hybridized carbons (Fsp3) is 0.200. The molecule has 3 heterocycles. The monoisotopic (exact) mass is 287 g/mol. The topological polar surface area (TPSA) is 64.9 Å². The summed E-state index contributed by atoms with van der Waals surface area (Å²) >= 11 is 0. The van der Waals surface area contributed by atoms with Crippen LogP contribution in [-0.4, -0.2) is 28.4 Å². The first-order chi connectivity index (χ1) is 10.1. The number of hydroxylamine groups is 2. The van der Waals surface area contributed by atoms with Crippen molar-refractivity contribution < 1.29 is 14.4 Å². The van der Waals surface area contributed by atoms with E-state index in [0.29, 0.717) is 35.0 Å². The third-order valence-electron chi connectivity index (χ3n) is 3.56. The average molecular weight is 287 g/mol. The van der Waals surface area contributed by atoms with Gasteiger partial charge in [0.05, 0.1) is 23.2 Å². The number of hydrogen-bond donors (Lipinski definition) is 2. The van der Waals surface area contributed by atoms with Gasteiger partial charge in [0.2, 0.25) is 0 Å². The number of nitrogens with one attached hydrogen (secondary N) is 1. The molecule has 3 rings (SSSR count). The van der Waals surface area contributed by atoms with Crippen molar-refractivity contribution in [1.29, 1.82) is 0 Å². The van der Waals surface area contributed by atoms with Gasteiger partial charge < -0.3 is 5.32 Å². The molecule has 0 aromatic rings. The summed E-state index contributed by atoms with van der Waals surface area (Å²) in [7, 11) is 0. The summed E-state index contributed by atoms with van der Waals surface area (Å²) in [6, 6.07) is 0. The molecule has 1 amide bonds. The molecule has 3 aliphatic heterocycles. The molecule has 0 saturated carbocycles. The molecule has 0 spiro atoms. The number of allylic oxidation sites excluding steroid dienone is 5. The average Bonchev–Trinajstić information content (AvgIpc) is 2.88. The number of hydrogen-bond acceptors (Lipinski definition) is 4. The van der Waals surface area contributed by atoms with Gasteiger partial charge in [0.25, 0.3) is 5.91 Å². The van der Waals surface area contributed by atoms with Gasteiger partial charge in [-0.15, -0.1) is 6.58 Å². The first-order valence-corrected chi connectivity index (χ1v) is 6.57. The fourth-order valence-electron chi connectivity index (χ4n) is 2.53. The Hall–Kier alpha value is -2.47. The van der Waals surface area contributed by atoms with Crippen LogP contribution in [-0.2, 0) is 4.79 Å². The molecule has 0 aromatic heterocycles. The lowest BCUT2D eigenvalue weighted by atomic mass is 9.90. The van der Waals surface area contributed by atoms with E-state index in [1.165, 1.54) is 12.3 Å². The van der Waals surface area contributed by atoms with Crippen molar-refractivity contribution in [3.05, 3.63) is 59.9 Å². The normalized spacial score (nSPS) is 27.7. The van der Waals surface area contributed by atoms with Gasteiger partial charge in [0, 0.05) is 24.2 Å². The highest BCUT2D eigenvalue weighted by Gasteiger charge is 2.33. The minimum absolute atomic E-state index is 0.0542. The predicted molar refractivity (Wildman–Crippen MR) is 75.8 cm³/mol. The zero-order valence-corrected chi connectivity index (χ0v) is 11.2. The van der Waals surface area contributed by atoms with Crippen molar-refractivity contribution in [3.63, 3.8) is 0 Å². The molecule has 1 unspecified atom stereocenters. The third kappa shape index (κ3) is 2.34. The Labute approximate surface area is 121 Å². The lowest BCUT2D eigenvalue weighted by molar-refractivity contribution is -0.117. The van der Waals surface area contributed by atoms with E-state index in [1.807, 2.05) is 0 Å². The molecule has 2 N–H and O–H groups in total. The van der Waals surface area contributed by atoms with E-state index in [1.54, 1.807) is 12.2 Å². The summed E-state index contributed by atoms with van der Waals surface area (Å²) in [5.74, 6) is -0.744. The van der Waals surface area contributed by atoms with Crippen LogP contribution in [0, 0.1) is 5.92 Å². The van der Waals surface area contributed by atoms with Crippen molar-refractivity contribution in [2.45, 2.75) is 6.42 Å². The number of aliphatic imine (C=N–C) groups is 1. The van der Waals surface area contributed by atoms with Crippen molar-refractivity contribution >= 4 is 11.6 Å². The Kier molecular flexibility index (Phi) is 3.31. The molecule has 108 valence electrons. The second kappa shape index (κ2) is 5.14. The molecule has 0 aliphatic carbocycles. The number of rotatable bonds is 2. The molecule has 21 heavy (non-hydrogen) atoms. The Morgan fingerprint density at radius 3 is 3.14 bits per heavy atom. The van der Waals surface area contributed by atoms with Crippen LogP contribution >= 0.6 is 0 Å². The standard InChI is InChI=1S/C15H14FN3O2/c1-2-3-9-7-17-15(20)11-6-13(18-14(9)11)10-4-5-19(21)8-12(10)16/h2,4-6,8-9,21H,1,3,7H2,(H,17,20). The van der Waals surface area contributed by atoms with Gasteiger partial charge in [0.15, 0.2) is 5.83 Å². The number of fused-ring (bicyclic) bond motifs is 1. The number of piperidine rings is 1. The number of carbonyl (C=O) groups is 1. The quantitative estimate of drug-likeness (QED) is 0.763. The van der Waals surface area contributed by atoms with Crippen LogP contribution in [0.15, 0.2) is 64.9 Å². The molecule has 6 heteroatoms. The third-order valence-corrected chi connectivity index (χ3v) is 3.56. The molecule has 5 nitrogen and oxygen atoms in total. The Morgan fingerprint density at radius 2 is 2.43 bits per heavy atom. The maximum atomic E-state index is 13.9. The van der Waals surface area contributed by atoms with Crippen molar-refractivity contribution in [2.24, 2.45) is 10.9 Å². The minimum atomic E-state index is -0.601. The molecule has 3 aliphatic rings. The summed E-state index contributed by atoms with van der Waals surface area (Å²) in [5.41, 5.74) is 1.79. The lowest BCUT2D eigenvalue weighted by Crippen LogP contribution is -2.42. The van der Waals surface area contributed by atoms with Gasteiger partial charge in [0.1, 0.15) is 0 Å². The van der Waals surface area contributed by atoms with Gasteiger partial charge >= 0.3 is 0 Å². The van der Waals surface area contributed by atoms with E-state index >= 15 is 0 Å². The van der Waals surface area contributed by atoms with Crippen molar-refractivity contribution in [1.82, 2.24) is 10.4 Å². The number of amides is 1. The summed E-state index contributed by atoms with van der Waals surface area (Å²) in [4.78, 5) is 16.3. The van der Waals surface area contributed by atoms with Gasteiger partial charge in [-0.25, -0.2) is 9.45 Å². The second-order valence-corrected chi connectivity index (χ2v) is 4.96. The number of nitrogens with zero attached hydrogens (tertiary/aromatic N) is 2. The first-order valence-electron chi connectivity index (χ1n) is 6.57. The van der Waals surface area contributed by atoms with Crippen LogP contribution in [0.25, 0.3) is 0 Å². The maximum Gasteiger partial charge on any atom is 0.253 e. The van der Waals surface area contributed by atoms with Crippen molar-refractivity contribution in [3.8, 4) is 0 Å². The number of carbonyl (C=O) groups excluding carboxylic acids is 1. The summed E-state index contributed by atoms with van der Waals surface area (Å²) in [6.07, 6.45) is 7.73. The Bertz CT molecular complexity index is 670. The van der Waals surface area contributed by atoms with Crippen LogP contribution in [0.1, 0.15) is 6.42 Å². The minimum Gasteiger partial charge on any atom is -0.351 e. The van der Waals surface area contributed by atoms with Gasteiger partial charge in [-0.05, 0) is 18.6 Å². The van der Waals surface area contributed by atoms with Crippen LogP contribution in [0.5, 0.6) is 0 Å². The van der Waals surface area contributed by atoms with E-state index in [9.17, 15) is 14.4 Å². The smallest absolute Gasteiger partial charge is 0.253 e. The van der Waals surface area contributed by atoms with E-state index in [-0.39, 0.29) is 17.4 Å². The van der Waals surface area contributed by atoms with Gasteiger partial charge in [-0.2, -0.15) is 0 Å². The van der Waals surface area contributed by atoms with E-state index in [4.69, 9.17) is 0 Å². The maximum absolute atomic E-state index is 13.9. The molecule has 1 saturated heterocycles. The van der Waals surface area contributed by atoms with Crippen LogP contribution < -0.4 is 5.32 Å². The highest BCUT2D eigenvalue weighted by molar-refractivity contribution is 6.26. The molecule has 1 atom stereocenters. The Morgan fingerprint density at radius 1 is 1.62 bits per heavy atom. The van der Waals surface area contributed by atoms with Gasteiger partial charge in [-0.1, -0.05) is 6.08 Å². The lowest BCUT2D eigenvalue weighted by Gasteiger charge is -2.23. The summed E-state index contributed by atoms with van der Waals surface area (Å²) in [5, 5.41) is 12.6. The van der Waals surface area contributed by atoms with Crippen molar-refractivity contribution in [2.75, 3.05) is 6.54 Å². The SMILES string of the molecule is C=CCC1CNC(=O)C2=CC(=C3C=CN(O)C=C3F)N=C21. The second-order valence-electron chi connectivity index (χ2n) is 4.96. The van der Waals surface area contributed by atoms with E-state index < -0.39 is 5.83 Å². The Balaban J connectivity index is 2.04. The number of halogens is 1. The highest BCUT2D eigenvalue weighted by Crippen LogP contribution is 2.31. The van der Waals surface area contributed by atoms with Crippen LogP contribution in [0.2, 0.25) is 0 Å². The largest absolute Gasteiger partial charge is 0.351 e. The van der Waals surface area contributed by atoms with E-state index in [0.717, 1.165) is 6.20 Å². The molecule has 0 radical (unpaired) electrons. The summed E-state index contributed by atoms with van der Waals surface area (Å²) < 4.78 is 13.9. The highest BCUT2D eigenvalue weighted by atomic mass is 19.1. The molecule has 0 bridgehead atoms. The molecular weight excluding hydrogens is 273 g/mol. The van der Waals surface area contributed by atoms with Crippen LogP contribution in [0.4, 0.5) is 4.39 Å². The molecule has 1 fully saturated rings. The first kappa shape index (κ1) is 13.5. The van der Waals surface area contributed by atoms with E-state index in [2.05, 4.69) is 16.9 Å². The molecular formula is C15H14FN3O2. The van der Waals surface area contributed by atoms with Gasteiger partial charge in [-0.3, -0.25) is 15.0 Å². The summed E-state index contributed by atoms with van der Waals surface area (Å²) in [6.45, 7) is 4.21.